The molecule has 0 spiro atoms. The molecule has 0 amide bonds. The molecule has 2 heterocycles. The molecule has 0 aliphatic heterocycles. The zero-order chi connectivity index (χ0) is 28.3. The molecule has 0 atom stereocenters. The molecule has 0 radical (unpaired) electrons. The predicted octanol–water partition coefficient (Wildman–Crippen LogP) is 10.2. The van der Waals surface area contributed by atoms with E-state index in [1.54, 1.807) is 0 Å². The molecule has 0 aliphatic carbocycles. The molecule has 2 aromatic heterocycles. The van der Waals surface area contributed by atoms with Crippen LogP contribution in [-0.4, -0.2) is 15.0 Å². The Morgan fingerprint density at radius 3 is 1.44 bits per heavy atom. The highest BCUT2D eigenvalue weighted by atomic mass is 16.3. The van der Waals surface area contributed by atoms with E-state index in [1.165, 1.54) is 26.9 Å². The van der Waals surface area contributed by atoms with Crippen LogP contribution in [0.1, 0.15) is 0 Å². The Balaban J connectivity index is 1.33. The molecule has 9 rings (SSSR count). The number of fused-ring (bicyclic) bond motifs is 9. The SMILES string of the molecule is c1ccc(-c2nc(-c3ccccc3)nc(-c3ccc4c(c3)c3ccccc3c3cc5oc6ccccc6c5cc43)n2)cc1. The van der Waals surface area contributed by atoms with Gasteiger partial charge >= 0.3 is 0 Å². The van der Waals surface area contributed by atoms with Gasteiger partial charge in [-0.1, -0.05) is 115 Å². The highest BCUT2D eigenvalue weighted by Crippen LogP contribution is 2.41. The zero-order valence-corrected chi connectivity index (χ0v) is 23.0. The van der Waals surface area contributed by atoms with Gasteiger partial charge in [0.2, 0.25) is 0 Å². The van der Waals surface area contributed by atoms with Crippen LogP contribution in [0.4, 0.5) is 0 Å². The number of hydrogen-bond donors (Lipinski definition) is 0. The summed E-state index contributed by atoms with van der Waals surface area (Å²) in [5.41, 5.74) is 4.67. The van der Waals surface area contributed by atoms with E-state index in [0.717, 1.165) is 44.0 Å². The first-order valence-corrected chi connectivity index (χ1v) is 14.4. The van der Waals surface area contributed by atoms with E-state index < -0.39 is 0 Å². The van der Waals surface area contributed by atoms with Crippen molar-refractivity contribution >= 4 is 54.3 Å². The molecule has 0 N–H and O–H groups in total. The number of aromatic nitrogens is 3. The Labute approximate surface area is 246 Å². The molecule has 0 saturated carbocycles. The molecule has 43 heavy (non-hydrogen) atoms. The van der Waals surface area contributed by atoms with E-state index >= 15 is 0 Å². The highest BCUT2D eigenvalue weighted by Gasteiger charge is 2.16. The quantitative estimate of drug-likeness (QED) is 0.206. The summed E-state index contributed by atoms with van der Waals surface area (Å²) in [5, 5.41) is 9.36. The van der Waals surface area contributed by atoms with Crippen molar-refractivity contribution in [3.8, 4) is 34.2 Å². The minimum Gasteiger partial charge on any atom is -0.456 e. The van der Waals surface area contributed by atoms with Crippen molar-refractivity contribution in [1.29, 1.82) is 0 Å². The van der Waals surface area contributed by atoms with Crippen LogP contribution in [0.3, 0.4) is 0 Å². The van der Waals surface area contributed by atoms with Gasteiger partial charge in [-0.15, -0.1) is 0 Å². The Morgan fingerprint density at radius 2 is 0.791 bits per heavy atom. The fourth-order valence-corrected chi connectivity index (χ4v) is 6.25. The van der Waals surface area contributed by atoms with Gasteiger partial charge in [-0.3, -0.25) is 0 Å². The van der Waals surface area contributed by atoms with Crippen LogP contribution in [-0.2, 0) is 0 Å². The highest BCUT2D eigenvalue weighted by molar-refractivity contribution is 6.28. The normalized spacial score (nSPS) is 11.7. The maximum atomic E-state index is 6.27. The number of para-hydroxylation sites is 1. The van der Waals surface area contributed by atoms with Gasteiger partial charge in [0.1, 0.15) is 11.2 Å². The first-order chi connectivity index (χ1) is 21.3. The second-order valence-corrected chi connectivity index (χ2v) is 10.8. The Bertz CT molecular complexity index is 2440. The van der Waals surface area contributed by atoms with E-state index in [2.05, 4.69) is 66.7 Å². The maximum Gasteiger partial charge on any atom is 0.164 e. The molecular formula is C39H23N3O. The summed E-state index contributed by atoms with van der Waals surface area (Å²) in [4.78, 5) is 14.8. The summed E-state index contributed by atoms with van der Waals surface area (Å²) in [7, 11) is 0. The number of nitrogens with zero attached hydrogens (tertiary/aromatic N) is 3. The number of hydrogen-bond acceptors (Lipinski definition) is 4. The van der Waals surface area contributed by atoms with Crippen molar-refractivity contribution in [2.75, 3.05) is 0 Å². The van der Waals surface area contributed by atoms with Crippen LogP contribution in [0.2, 0.25) is 0 Å². The fourth-order valence-electron chi connectivity index (χ4n) is 6.25. The van der Waals surface area contributed by atoms with Gasteiger partial charge in [0.15, 0.2) is 17.5 Å². The predicted molar refractivity (Wildman–Crippen MR) is 176 cm³/mol. The summed E-state index contributed by atoms with van der Waals surface area (Å²) in [6.07, 6.45) is 0. The molecule has 4 heteroatoms. The first-order valence-electron chi connectivity index (χ1n) is 14.4. The fraction of sp³-hybridized carbons (Fsp3) is 0. The van der Waals surface area contributed by atoms with Gasteiger partial charge in [0.25, 0.3) is 0 Å². The Morgan fingerprint density at radius 1 is 0.302 bits per heavy atom. The molecule has 0 saturated heterocycles. The topological polar surface area (TPSA) is 51.8 Å². The lowest BCUT2D eigenvalue weighted by atomic mass is 9.92. The summed E-state index contributed by atoms with van der Waals surface area (Å²) < 4.78 is 6.27. The van der Waals surface area contributed by atoms with Crippen LogP contribution in [0.15, 0.2) is 144 Å². The van der Waals surface area contributed by atoms with Gasteiger partial charge in [0, 0.05) is 27.5 Å². The lowest BCUT2D eigenvalue weighted by molar-refractivity contribution is 0.669. The molecule has 200 valence electrons. The van der Waals surface area contributed by atoms with Crippen molar-refractivity contribution in [1.82, 2.24) is 15.0 Å². The first kappa shape index (κ1) is 23.8. The van der Waals surface area contributed by atoms with Crippen LogP contribution >= 0.6 is 0 Å². The summed E-state index contributed by atoms with van der Waals surface area (Å²) in [6.45, 7) is 0. The number of benzene rings is 7. The minimum absolute atomic E-state index is 0.648. The standard InChI is InChI=1S/C39H23N3O/c1-3-11-24(12-4-1)37-40-38(25-13-5-2-6-14-25)42-39(41-37)26-19-20-29-31(21-26)27-15-7-8-16-28(27)33-23-36-34(22-32(29)33)30-17-9-10-18-35(30)43-36/h1-23H. The third kappa shape index (κ3) is 3.81. The third-order valence-electron chi connectivity index (χ3n) is 8.29. The van der Waals surface area contributed by atoms with Crippen LogP contribution in [0, 0.1) is 0 Å². The van der Waals surface area contributed by atoms with Crippen LogP contribution in [0.5, 0.6) is 0 Å². The largest absolute Gasteiger partial charge is 0.456 e. The molecule has 0 fully saturated rings. The number of furan rings is 1. The monoisotopic (exact) mass is 549 g/mol. The molecule has 4 nitrogen and oxygen atoms in total. The molecule has 0 aliphatic rings. The van der Waals surface area contributed by atoms with E-state index in [4.69, 9.17) is 19.4 Å². The van der Waals surface area contributed by atoms with E-state index in [9.17, 15) is 0 Å². The van der Waals surface area contributed by atoms with Crippen molar-refractivity contribution in [2.45, 2.75) is 0 Å². The lowest BCUT2D eigenvalue weighted by Gasteiger charge is -2.13. The summed E-state index contributed by atoms with van der Waals surface area (Å²) in [5.74, 6) is 1.96. The zero-order valence-electron chi connectivity index (χ0n) is 23.0. The van der Waals surface area contributed by atoms with Gasteiger partial charge in [-0.25, -0.2) is 15.0 Å². The van der Waals surface area contributed by atoms with E-state index in [1.807, 2.05) is 72.8 Å². The Kier molecular flexibility index (Phi) is 5.16. The van der Waals surface area contributed by atoms with Gasteiger partial charge < -0.3 is 4.42 Å². The molecule has 0 unspecified atom stereocenters. The minimum atomic E-state index is 0.648. The average molecular weight is 550 g/mol. The van der Waals surface area contributed by atoms with Gasteiger partial charge in [-0.05, 0) is 56.6 Å². The van der Waals surface area contributed by atoms with Crippen molar-refractivity contribution in [2.24, 2.45) is 0 Å². The van der Waals surface area contributed by atoms with Crippen molar-refractivity contribution in [3.05, 3.63) is 140 Å². The smallest absolute Gasteiger partial charge is 0.164 e. The lowest BCUT2D eigenvalue weighted by Crippen LogP contribution is -2.00. The second kappa shape index (κ2) is 9.33. The molecular weight excluding hydrogens is 526 g/mol. The summed E-state index contributed by atoms with van der Waals surface area (Å²) >= 11 is 0. The molecule has 7 aromatic carbocycles. The number of rotatable bonds is 3. The third-order valence-corrected chi connectivity index (χ3v) is 8.29. The van der Waals surface area contributed by atoms with Crippen molar-refractivity contribution < 1.29 is 4.42 Å². The maximum absolute atomic E-state index is 6.27. The molecule has 9 aromatic rings. The van der Waals surface area contributed by atoms with Crippen LogP contribution < -0.4 is 0 Å². The summed E-state index contributed by atoms with van der Waals surface area (Å²) in [6, 6.07) is 48.1. The Hall–Kier alpha value is -5.87. The van der Waals surface area contributed by atoms with Crippen molar-refractivity contribution in [3.63, 3.8) is 0 Å². The van der Waals surface area contributed by atoms with Gasteiger partial charge in [-0.2, -0.15) is 0 Å². The average Bonchev–Trinajstić information content (AvgIpc) is 3.45. The van der Waals surface area contributed by atoms with E-state index in [-0.39, 0.29) is 0 Å². The van der Waals surface area contributed by atoms with Crippen LogP contribution in [0.25, 0.3) is 88.4 Å². The van der Waals surface area contributed by atoms with E-state index in [0.29, 0.717) is 17.5 Å². The van der Waals surface area contributed by atoms with Gasteiger partial charge in [0.05, 0.1) is 0 Å². The molecule has 0 bridgehead atoms. The second-order valence-electron chi connectivity index (χ2n) is 10.8.